The normalized spacial score (nSPS) is 13.1. The third-order valence-electron chi connectivity index (χ3n) is 4.47. The second-order valence-corrected chi connectivity index (χ2v) is 6.71. The number of hydrogen-bond donors (Lipinski definition) is 7. The van der Waals surface area contributed by atoms with Crippen molar-refractivity contribution in [1.82, 2.24) is 26.6 Å². The Hall–Kier alpha value is -1.59. The van der Waals surface area contributed by atoms with Crippen LogP contribution in [-0.4, -0.2) is 76.6 Å². The first-order valence-electron chi connectivity index (χ1n) is 10.0. The molecule has 0 heterocycles. The average Bonchev–Trinajstić information content (AvgIpc) is 2.68. The van der Waals surface area contributed by atoms with E-state index in [1.165, 1.54) is 0 Å². The molecule has 0 radical (unpaired) electrons. The summed E-state index contributed by atoms with van der Waals surface area (Å²) in [4.78, 5) is 34.3. The van der Waals surface area contributed by atoms with Crippen LogP contribution in [0.5, 0.6) is 0 Å². The minimum Gasteiger partial charge on any atom is -0.368 e. The van der Waals surface area contributed by atoms with Crippen LogP contribution in [0, 0.1) is 0 Å². The van der Waals surface area contributed by atoms with E-state index in [0.717, 1.165) is 38.6 Å². The maximum absolute atomic E-state index is 12.2. The molecule has 28 heavy (non-hydrogen) atoms. The summed E-state index contributed by atoms with van der Waals surface area (Å²) in [6.07, 6.45) is 4.89. The van der Waals surface area contributed by atoms with Gasteiger partial charge in [-0.2, -0.15) is 0 Å². The lowest BCUT2D eigenvalue weighted by molar-refractivity contribution is -0.123. The molecule has 0 aliphatic rings. The molecule has 0 aromatic carbocycles. The van der Waals surface area contributed by atoms with Gasteiger partial charge in [-0.3, -0.25) is 19.7 Å². The largest absolute Gasteiger partial charge is 0.368 e. The first-order valence-corrected chi connectivity index (χ1v) is 10.0. The van der Waals surface area contributed by atoms with E-state index < -0.39 is 0 Å². The summed E-state index contributed by atoms with van der Waals surface area (Å²) in [5.74, 6) is -0.368. The molecule has 0 unspecified atom stereocenters. The number of primary amides is 1. The number of nitrogens with two attached hydrogens (primary N) is 2. The van der Waals surface area contributed by atoms with Crippen molar-refractivity contribution in [2.75, 3.05) is 46.9 Å². The van der Waals surface area contributed by atoms with Crippen LogP contribution in [0.3, 0.4) is 0 Å². The lowest BCUT2D eigenvalue weighted by atomic mass is 10.1. The fourth-order valence-corrected chi connectivity index (χ4v) is 2.69. The molecule has 164 valence electrons. The van der Waals surface area contributed by atoms with E-state index in [-0.39, 0.29) is 42.8 Å². The maximum atomic E-state index is 12.2. The fraction of sp³-hybridized carbons (Fsp3) is 0.833. The number of likely N-dealkylation sites (N-methyl/N-ethyl adjacent to an activating group) is 2. The van der Waals surface area contributed by atoms with Gasteiger partial charge in [0, 0.05) is 13.2 Å². The van der Waals surface area contributed by atoms with Crippen LogP contribution < -0.4 is 38.1 Å². The first-order chi connectivity index (χ1) is 13.5. The van der Waals surface area contributed by atoms with Crippen molar-refractivity contribution < 1.29 is 14.4 Å². The van der Waals surface area contributed by atoms with E-state index in [1.54, 1.807) is 14.1 Å². The number of hydrogen-bond acceptors (Lipinski definition) is 8. The van der Waals surface area contributed by atoms with Gasteiger partial charge < -0.3 is 32.7 Å². The van der Waals surface area contributed by atoms with Gasteiger partial charge in [0.25, 0.3) is 0 Å². The van der Waals surface area contributed by atoms with Gasteiger partial charge in [0.1, 0.15) is 0 Å². The van der Waals surface area contributed by atoms with Crippen molar-refractivity contribution in [1.29, 1.82) is 0 Å². The summed E-state index contributed by atoms with van der Waals surface area (Å²) in [6.45, 7) is 2.30. The van der Waals surface area contributed by atoms with Crippen LogP contribution in [-0.2, 0) is 14.4 Å². The second-order valence-electron chi connectivity index (χ2n) is 6.71. The molecule has 0 saturated heterocycles. The Morgan fingerprint density at radius 2 is 1.46 bits per heavy atom. The topological polar surface area (TPSA) is 163 Å². The van der Waals surface area contributed by atoms with Crippen LogP contribution in [0.25, 0.3) is 0 Å². The Morgan fingerprint density at radius 1 is 0.857 bits per heavy atom. The number of carbonyl (C=O) groups excluding carboxylic acids is 3. The molecule has 10 nitrogen and oxygen atoms in total. The molecule has 0 rings (SSSR count). The highest BCUT2D eigenvalue weighted by molar-refractivity contribution is 5.82. The third-order valence-corrected chi connectivity index (χ3v) is 4.47. The highest BCUT2D eigenvalue weighted by Gasteiger charge is 2.15. The Kier molecular flexibility index (Phi) is 16.5. The van der Waals surface area contributed by atoms with Crippen LogP contribution in [0.15, 0.2) is 0 Å². The molecule has 10 heteroatoms. The summed E-state index contributed by atoms with van der Waals surface area (Å²) in [5.41, 5.74) is 10.5. The fourth-order valence-electron chi connectivity index (χ4n) is 2.69. The van der Waals surface area contributed by atoms with Crippen molar-refractivity contribution in [3.63, 3.8) is 0 Å². The number of Topliss-reactive ketones (excluding diaryl/α,β-unsaturated/α-hetero) is 1. The van der Waals surface area contributed by atoms with Crippen molar-refractivity contribution in [2.24, 2.45) is 11.5 Å². The Balaban J connectivity index is 3.73. The van der Waals surface area contributed by atoms with Gasteiger partial charge in [-0.1, -0.05) is 6.42 Å². The van der Waals surface area contributed by atoms with Gasteiger partial charge in [-0.05, 0) is 52.7 Å². The van der Waals surface area contributed by atoms with E-state index in [4.69, 9.17) is 11.5 Å². The van der Waals surface area contributed by atoms with Gasteiger partial charge in [-0.25, -0.2) is 0 Å². The van der Waals surface area contributed by atoms with Crippen LogP contribution >= 0.6 is 0 Å². The zero-order chi connectivity index (χ0) is 21.2. The SMILES string of the molecule is CN[C@@H](CCCCNC(=O)[C@H](CCCCNCNCC(=O)CN)NC)C(N)=O. The summed E-state index contributed by atoms with van der Waals surface area (Å²) >= 11 is 0. The Morgan fingerprint density at radius 3 is 2.04 bits per heavy atom. The van der Waals surface area contributed by atoms with E-state index >= 15 is 0 Å². The quantitative estimate of drug-likeness (QED) is 0.0944. The maximum Gasteiger partial charge on any atom is 0.237 e. The van der Waals surface area contributed by atoms with E-state index in [0.29, 0.717) is 19.6 Å². The van der Waals surface area contributed by atoms with Crippen molar-refractivity contribution >= 4 is 17.6 Å². The predicted octanol–water partition coefficient (Wildman–Crippen LogP) is -2.23. The monoisotopic (exact) mass is 401 g/mol. The van der Waals surface area contributed by atoms with Crippen molar-refractivity contribution in [2.45, 2.75) is 50.6 Å². The van der Waals surface area contributed by atoms with E-state index in [2.05, 4.69) is 26.6 Å². The summed E-state index contributed by atoms with van der Waals surface area (Å²) < 4.78 is 0. The summed E-state index contributed by atoms with van der Waals surface area (Å²) in [5, 5.41) is 15.0. The molecule has 2 atom stereocenters. The lowest BCUT2D eigenvalue weighted by Gasteiger charge is -2.16. The number of rotatable bonds is 19. The molecular formula is C18H39N7O3. The molecule has 0 saturated carbocycles. The molecule has 9 N–H and O–H groups in total. The molecule has 0 aliphatic heterocycles. The van der Waals surface area contributed by atoms with Gasteiger partial charge in [0.15, 0.2) is 5.78 Å². The molecule has 0 aromatic rings. The smallest absolute Gasteiger partial charge is 0.237 e. The Labute approximate surface area is 168 Å². The van der Waals surface area contributed by atoms with Crippen LogP contribution in [0.2, 0.25) is 0 Å². The van der Waals surface area contributed by atoms with Crippen molar-refractivity contribution in [3.05, 3.63) is 0 Å². The standard InChI is InChI=1S/C18H39N7O3/c1-21-15(17(20)27)7-4-6-10-25-18(28)16(22-2)8-3-5-9-23-13-24-12-14(26)11-19/h15-16,21-24H,3-13,19H2,1-2H3,(H2,20,27)(H,25,28)/t15-,16-/m0/s1. The number of nitrogens with one attached hydrogen (secondary N) is 5. The number of amides is 2. The second kappa shape index (κ2) is 17.5. The Bertz CT molecular complexity index is 449. The zero-order valence-corrected chi connectivity index (χ0v) is 17.3. The highest BCUT2D eigenvalue weighted by atomic mass is 16.2. The molecule has 0 spiro atoms. The molecule has 2 amide bonds. The molecule has 0 aliphatic carbocycles. The van der Waals surface area contributed by atoms with E-state index in [9.17, 15) is 14.4 Å². The van der Waals surface area contributed by atoms with Crippen LogP contribution in [0.4, 0.5) is 0 Å². The van der Waals surface area contributed by atoms with Gasteiger partial charge >= 0.3 is 0 Å². The molecular weight excluding hydrogens is 362 g/mol. The van der Waals surface area contributed by atoms with Crippen molar-refractivity contribution in [3.8, 4) is 0 Å². The lowest BCUT2D eigenvalue weighted by Crippen LogP contribution is -2.43. The molecule has 0 aromatic heterocycles. The first kappa shape index (κ1) is 26.4. The van der Waals surface area contributed by atoms with Crippen LogP contribution in [0.1, 0.15) is 38.5 Å². The number of ketones is 1. The number of carbonyl (C=O) groups is 3. The average molecular weight is 402 g/mol. The minimum atomic E-state index is -0.351. The zero-order valence-electron chi connectivity index (χ0n) is 17.3. The predicted molar refractivity (Wildman–Crippen MR) is 111 cm³/mol. The summed E-state index contributed by atoms with van der Waals surface area (Å²) in [7, 11) is 3.49. The number of unbranched alkanes of at least 4 members (excludes halogenated alkanes) is 2. The summed E-state index contributed by atoms with van der Waals surface area (Å²) in [6, 6.07) is -0.526. The molecule has 0 bridgehead atoms. The molecule has 0 fully saturated rings. The third kappa shape index (κ3) is 13.6. The highest BCUT2D eigenvalue weighted by Crippen LogP contribution is 2.02. The van der Waals surface area contributed by atoms with Gasteiger partial charge in [-0.15, -0.1) is 0 Å². The van der Waals surface area contributed by atoms with Gasteiger partial charge in [0.05, 0.1) is 25.2 Å². The van der Waals surface area contributed by atoms with Gasteiger partial charge in [0.2, 0.25) is 11.8 Å². The minimum absolute atomic E-state index is 0.00232. The van der Waals surface area contributed by atoms with E-state index in [1.807, 2.05) is 0 Å².